The molecular weight excluding hydrogens is 550 g/mol. The van der Waals surface area contributed by atoms with Crippen LogP contribution in [0.5, 0.6) is 0 Å². The van der Waals surface area contributed by atoms with Crippen molar-refractivity contribution in [1.82, 2.24) is 14.5 Å². The highest BCUT2D eigenvalue weighted by molar-refractivity contribution is 6.23. The van der Waals surface area contributed by atoms with Crippen LogP contribution in [0.2, 0.25) is 0 Å². The fourth-order valence-electron chi connectivity index (χ4n) is 7.69. The van der Waals surface area contributed by atoms with Crippen LogP contribution in [-0.2, 0) is 5.41 Å². The summed E-state index contributed by atoms with van der Waals surface area (Å²) in [4.78, 5) is 10.6. The van der Waals surface area contributed by atoms with E-state index in [9.17, 15) is 0 Å². The van der Waals surface area contributed by atoms with Gasteiger partial charge in [-0.3, -0.25) is 4.57 Å². The number of hydrogen-bond donors (Lipinski definition) is 0. The average Bonchev–Trinajstić information content (AvgIpc) is 3.70. The number of benzene rings is 6. The Kier molecular flexibility index (Phi) is 4.76. The molecule has 0 unspecified atom stereocenters. The lowest BCUT2D eigenvalue weighted by atomic mass is 9.82. The zero-order valence-electron chi connectivity index (χ0n) is 24.9. The van der Waals surface area contributed by atoms with Gasteiger partial charge in [-0.05, 0) is 58.7 Å². The molecule has 4 nitrogen and oxygen atoms in total. The molecule has 0 atom stereocenters. The summed E-state index contributed by atoms with van der Waals surface area (Å²) in [7, 11) is 0. The molecule has 3 aromatic heterocycles. The van der Waals surface area contributed by atoms with Crippen LogP contribution in [0.15, 0.2) is 132 Å². The first kappa shape index (κ1) is 24.7. The van der Waals surface area contributed by atoms with Crippen molar-refractivity contribution in [3.05, 3.63) is 139 Å². The topological polar surface area (TPSA) is 43.9 Å². The van der Waals surface area contributed by atoms with Gasteiger partial charge in [0, 0.05) is 32.5 Å². The van der Waals surface area contributed by atoms with Gasteiger partial charge in [0.25, 0.3) is 0 Å². The SMILES string of the molecule is CC1(C)c2ccccc2-c2ccc(-c3nc(-n4c5ccccc5c5c6oc7ccccc7c6ccc54)nc4ccccc34)cc21. The van der Waals surface area contributed by atoms with E-state index in [0.29, 0.717) is 5.95 Å². The van der Waals surface area contributed by atoms with Crippen molar-refractivity contribution in [2.75, 3.05) is 0 Å². The number of fused-ring (bicyclic) bond motifs is 11. The molecule has 9 aromatic rings. The molecule has 10 rings (SSSR count). The number of aromatic nitrogens is 3. The van der Waals surface area contributed by atoms with E-state index in [2.05, 4.69) is 134 Å². The van der Waals surface area contributed by atoms with Crippen LogP contribution in [0.3, 0.4) is 0 Å². The summed E-state index contributed by atoms with van der Waals surface area (Å²) in [5.41, 5.74) is 12.0. The van der Waals surface area contributed by atoms with Crippen LogP contribution < -0.4 is 0 Å². The minimum Gasteiger partial charge on any atom is -0.455 e. The number of hydrogen-bond acceptors (Lipinski definition) is 3. The van der Waals surface area contributed by atoms with E-state index in [1.807, 2.05) is 12.1 Å². The summed E-state index contributed by atoms with van der Waals surface area (Å²) in [5.74, 6) is 0.647. The summed E-state index contributed by atoms with van der Waals surface area (Å²) in [6, 6.07) is 45.0. The third kappa shape index (κ3) is 3.26. The number of nitrogens with zero attached hydrogens (tertiary/aromatic N) is 3. The van der Waals surface area contributed by atoms with Gasteiger partial charge in [-0.15, -0.1) is 0 Å². The van der Waals surface area contributed by atoms with Crippen LogP contribution in [-0.4, -0.2) is 14.5 Å². The van der Waals surface area contributed by atoms with E-state index in [4.69, 9.17) is 14.4 Å². The molecule has 0 saturated carbocycles. The highest BCUT2D eigenvalue weighted by atomic mass is 16.3. The largest absolute Gasteiger partial charge is 0.455 e. The van der Waals surface area contributed by atoms with E-state index in [1.165, 1.54) is 22.3 Å². The molecule has 3 heterocycles. The summed E-state index contributed by atoms with van der Waals surface area (Å²) in [6.45, 7) is 4.64. The number of para-hydroxylation sites is 3. The zero-order chi connectivity index (χ0) is 29.9. The second kappa shape index (κ2) is 8.67. The van der Waals surface area contributed by atoms with Crippen molar-refractivity contribution in [3.63, 3.8) is 0 Å². The summed E-state index contributed by atoms with van der Waals surface area (Å²) in [5, 5.41) is 5.47. The van der Waals surface area contributed by atoms with Crippen molar-refractivity contribution in [3.8, 4) is 28.3 Å². The van der Waals surface area contributed by atoms with Crippen LogP contribution in [0.4, 0.5) is 0 Å². The van der Waals surface area contributed by atoms with Crippen molar-refractivity contribution in [1.29, 1.82) is 0 Å². The predicted octanol–water partition coefficient (Wildman–Crippen LogP) is 10.6. The van der Waals surface area contributed by atoms with E-state index in [1.54, 1.807) is 0 Å². The second-order valence-corrected chi connectivity index (χ2v) is 12.6. The monoisotopic (exact) mass is 577 g/mol. The Balaban J connectivity index is 1.26. The van der Waals surface area contributed by atoms with Gasteiger partial charge in [0.15, 0.2) is 0 Å². The van der Waals surface area contributed by atoms with Crippen molar-refractivity contribution < 1.29 is 4.42 Å². The fraction of sp³-hybridized carbons (Fsp3) is 0.0732. The molecule has 1 aliphatic carbocycles. The van der Waals surface area contributed by atoms with Gasteiger partial charge in [-0.25, -0.2) is 9.97 Å². The third-order valence-electron chi connectivity index (χ3n) is 9.83. The van der Waals surface area contributed by atoms with Gasteiger partial charge < -0.3 is 4.42 Å². The van der Waals surface area contributed by atoms with Crippen LogP contribution in [0, 0.1) is 0 Å². The maximum Gasteiger partial charge on any atom is 0.235 e. The molecule has 0 bridgehead atoms. The fourth-order valence-corrected chi connectivity index (χ4v) is 7.69. The third-order valence-corrected chi connectivity index (χ3v) is 9.83. The highest BCUT2D eigenvalue weighted by Crippen LogP contribution is 2.50. The van der Waals surface area contributed by atoms with Gasteiger partial charge in [0.05, 0.1) is 27.6 Å². The Morgan fingerprint density at radius 3 is 2.22 bits per heavy atom. The molecule has 6 aromatic carbocycles. The smallest absolute Gasteiger partial charge is 0.235 e. The lowest BCUT2D eigenvalue weighted by Crippen LogP contribution is -2.15. The van der Waals surface area contributed by atoms with Gasteiger partial charge in [-0.1, -0.05) is 105 Å². The Morgan fingerprint density at radius 2 is 1.31 bits per heavy atom. The first-order valence-corrected chi connectivity index (χ1v) is 15.4. The Bertz CT molecular complexity index is 2690. The predicted molar refractivity (Wildman–Crippen MR) is 184 cm³/mol. The zero-order valence-corrected chi connectivity index (χ0v) is 24.9. The highest BCUT2D eigenvalue weighted by Gasteiger charge is 2.35. The molecule has 45 heavy (non-hydrogen) atoms. The van der Waals surface area contributed by atoms with E-state index in [0.717, 1.165) is 65.9 Å². The van der Waals surface area contributed by atoms with Gasteiger partial charge in [0.1, 0.15) is 11.2 Å². The molecule has 0 spiro atoms. The number of rotatable bonds is 2. The van der Waals surface area contributed by atoms with E-state index in [-0.39, 0.29) is 5.41 Å². The minimum atomic E-state index is -0.0988. The first-order chi connectivity index (χ1) is 22.1. The maximum atomic E-state index is 6.52. The molecule has 0 radical (unpaired) electrons. The lowest BCUT2D eigenvalue weighted by Gasteiger charge is -2.22. The molecule has 0 N–H and O–H groups in total. The Hall–Kier alpha value is -5.74. The Labute approximate surface area is 259 Å². The summed E-state index contributed by atoms with van der Waals surface area (Å²) >= 11 is 0. The molecule has 4 heteroatoms. The first-order valence-electron chi connectivity index (χ1n) is 15.4. The minimum absolute atomic E-state index is 0.0988. The Morgan fingerprint density at radius 1 is 0.578 bits per heavy atom. The van der Waals surface area contributed by atoms with E-state index >= 15 is 0 Å². The molecule has 0 saturated heterocycles. The van der Waals surface area contributed by atoms with Crippen molar-refractivity contribution in [2.24, 2.45) is 0 Å². The summed E-state index contributed by atoms with van der Waals surface area (Å²) in [6.07, 6.45) is 0. The molecule has 212 valence electrons. The standard InChI is InChI=1S/C41H27N3O/c1-41(2)31-15-7-3-11-25(31)26-20-19-24(23-32(26)41)38-29-13-4-8-16-33(29)42-40(43-38)44-34-17-9-5-14-30(34)37-35(44)22-21-28-27-12-6-10-18-36(27)45-39(28)37/h3-23H,1-2H3. The summed E-state index contributed by atoms with van der Waals surface area (Å²) < 4.78 is 8.72. The van der Waals surface area contributed by atoms with Crippen molar-refractivity contribution >= 4 is 54.6 Å². The van der Waals surface area contributed by atoms with Gasteiger partial charge in [0.2, 0.25) is 5.95 Å². The molecule has 0 aliphatic heterocycles. The van der Waals surface area contributed by atoms with Gasteiger partial charge >= 0.3 is 0 Å². The average molecular weight is 578 g/mol. The number of furan rings is 1. The maximum absolute atomic E-state index is 6.52. The lowest BCUT2D eigenvalue weighted by molar-refractivity contribution is 0.660. The van der Waals surface area contributed by atoms with Gasteiger partial charge in [-0.2, -0.15) is 0 Å². The van der Waals surface area contributed by atoms with Crippen LogP contribution in [0.25, 0.3) is 83.0 Å². The van der Waals surface area contributed by atoms with Crippen LogP contribution >= 0.6 is 0 Å². The normalized spacial score (nSPS) is 13.7. The van der Waals surface area contributed by atoms with E-state index < -0.39 is 0 Å². The quantitative estimate of drug-likeness (QED) is 0.205. The molecule has 0 amide bonds. The molecular formula is C41H27N3O. The second-order valence-electron chi connectivity index (χ2n) is 12.6. The molecule has 1 aliphatic rings. The van der Waals surface area contributed by atoms with Crippen molar-refractivity contribution in [2.45, 2.75) is 19.3 Å². The molecule has 0 fully saturated rings. The van der Waals surface area contributed by atoms with Crippen LogP contribution in [0.1, 0.15) is 25.0 Å².